The summed E-state index contributed by atoms with van der Waals surface area (Å²) in [7, 11) is 0. The lowest BCUT2D eigenvalue weighted by Crippen LogP contribution is -1.69. The molecule has 0 bridgehead atoms. The SMILES string of the molecule is [CH]1C=CCCC=CCCCC=CC1. The van der Waals surface area contributed by atoms with Crippen molar-refractivity contribution in [3.63, 3.8) is 0 Å². The van der Waals surface area contributed by atoms with Crippen molar-refractivity contribution in [3.8, 4) is 0 Å². The Kier molecular flexibility index (Phi) is 6.22. The van der Waals surface area contributed by atoms with Crippen LogP contribution in [-0.2, 0) is 0 Å². The van der Waals surface area contributed by atoms with Crippen LogP contribution in [0.5, 0.6) is 0 Å². The molecule has 0 unspecified atom stereocenters. The fraction of sp³-hybridized carbons (Fsp3) is 0.462. The van der Waals surface area contributed by atoms with Gasteiger partial charge in [0.15, 0.2) is 0 Å². The van der Waals surface area contributed by atoms with Gasteiger partial charge in [-0.15, -0.1) is 0 Å². The first kappa shape index (κ1) is 10.3. The first-order valence-electron chi connectivity index (χ1n) is 5.28. The summed E-state index contributed by atoms with van der Waals surface area (Å²) in [6.07, 6.45) is 23.0. The molecule has 0 aromatic rings. The van der Waals surface area contributed by atoms with E-state index < -0.39 is 0 Å². The van der Waals surface area contributed by atoms with Crippen molar-refractivity contribution < 1.29 is 0 Å². The lowest BCUT2D eigenvalue weighted by molar-refractivity contribution is 0.861. The van der Waals surface area contributed by atoms with Crippen LogP contribution in [0.1, 0.15) is 38.5 Å². The Bertz CT molecular complexity index is 164. The van der Waals surface area contributed by atoms with E-state index in [0.717, 1.165) is 6.42 Å². The van der Waals surface area contributed by atoms with Gasteiger partial charge in [0.1, 0.15) is 0 Å². The molecule has 0 nitrogen and oxygen atoms in total. The van der Waals surface area contributed by atoms with Gasteiger partial charge in [-0.25, -0.2) is 0 Å². The fourth-order valence-corrected chi connectivity index (χ4v) is 1.35. The summed E-state index contributed by atoms with van der Waals surface area (Å²) < 4.78 is 0. The molecule has 1 radical (unpaired) electrons. The predicted molar refractivity (Wildman–Crippen MR) is 59.4 cm³/mol. The number of rotatable bonds is 0. The van der Waals surface area contributed by atoms with Gasteiger partial charge in [-0.3, -0.25) is 0 Å². The van der Waals surface area contributed by atoms with Crippen molar-refractivity contribution in [3.05, 3.63) is 42.9 Å². The summed E-state index contributed by atoms with van der Waals surface area (Å²) in [5, 5.41) is 0. The first-order valence-corrected chi connectivity index (χ1v) is 5.28. The summed E-state index contributed by atoms with van der Waals surface area (Å²) in [6, 6.07) is 0. The molecule has 13 heavy (non-hydrogen) atoms. The van der Waals surface area contributed by atoms with Crippen LogP contribution in [0.2, 0.25) is 0 Å². The third-order valence-corrected chi connectivity index (χ3v) is 2.12. The molecular weight excluding hydrogens is 156 g/mol. The Morgan fingerprint density at radius 1 is 0.615 bits per heavy atom. The molecular formula is C13H19. The van der Waals surface area contributed by atoms with Gasteiger partial charge in [0, 0.05) is 0 Å². The highest BCUT2D eigenvalue weighted by Crippen LogP contribution is 2.03. The maximum atomic E-state index is 2.31. The molecule has 71 valence electrons. The number of hydrogen-bond donors (Lipinski definition) is 0. The van der Waals surface area contributed by atoms with Gasteiger partial charge >= 0.3 is 0 Å². The second-order valence-corrected chi connectivity index (χ2v) is 3.35. The van der Waals surface area contributed by atoms with E-state index in [0.29, 0.717) is 0 Å². The standard InChI is InChI=1S/C13H19/c1-2-4-6-8-10-12-13-11-9-7-5-3-1/h1-3,6,8-9,11H,4-5,7,10,12-13H2. The van der Waals surface area contributed by atoms with Crippen molar-refractivity contribution in [2.45, 2.75) is 38.5 Å². The molecule has 0 heteroatoms. The molecule has 0 amide bonds. The van der Waals surface area contributed by atoms with Gasteiger partial charge in [-0.2, -0.15) is 0 Å². The Balaban J connectivity index is 2.27. The lowest BCUT2D eigenvalue weighted by Gasteiger charge is -1.89. The summed E-state index contributed by atoms with van der Waals surface area (Å²) in [6.45, 7) is 0. The van der Waals surface area contributed by atoms with E-state index in [-0.39, 0.29) is 0 Å². The van der Waals surface area contributed by atoms with E-state index >= 15 is 0 Å². The second kappa shape index (κ2) is 7.85. The zero-order chi connectivity index (χ0) is 9.19. The van der Waals surface area contributed by atoms with Gasteiger partial charge in [0.25, 0.3) is 0 Å². The van der Waals surface area contributed by atoms with Crippen molar-refractivity contribution in [1.82, 2.24) is 0 Å². The van der Waals surface area contributed by atoms with Gasteiger partial charge in [0.05, 0.1) is 0 Å². The van der Waals surface area contributed by atoms with E-state index in [1.54, 1.807) is 0 Å². The minimum absolute atomic E-state index is 1.09. The maximum absolute atomic E-state index is 2.31. The molecule has 1 aliphatic rings. The second-order valence-electron chi connectivity index (χ2n) is 3.35. The molecule has 0 aromatic carbocycles. The van der Waals surface area contributed by atoms with Crippen molar-refractivity contribution in [2.24, 2.45) is 0 Å². The molecule has 0 N–H and O–H groups in total. The Morgan fingerprint density at radius 2 is 1.31 bits per heavy atom. The quantitative estimate of drug-likeness (QED) is 0.484. The topological polar surface area (TPSA) is 0 Å². The first-order chi connectivity index (χ1) is 6.50. The highest BCUT2D eigenvalue weighted by molar-refractivity contribution is 5.01. The largest absolute Gasteiger partial charge is 0.0885 e. The Morgan fingerprint density at radius 3 is 2.23 bits per heavy atom. The predicted octanol–water partition coefficient (Wildman–Crippen LogP) is 4.21. The molecule has 0 saturated heterocycles. The lowest BCUT2D eigenvalue weighted by atomic mass is 10.2. The van der Waals surface area contributed by atoms with E-state index in [4.69, 9.17) is 0 Å². The molecule has 0 fully saturated rings. The molecule has 1 rings (SSSR count). The number of allylic oxidation sites excluding steroid dienone is 6. The fourth-order valence-electron chi connectivity index (χ4n) is 1.35. The monoisotopic (exact) mass is 175 g/mol. The van der Waals surface area contributed by atoms with E-state index in [1.807, 2.05) is 0 Å². The van der Waals surface area contributed by atoms with Crippen LogP contribution in [0.3, 0.4) is 0 Å². The summed E-state index contributed by atoms with van der Waals surface area (Å²) in [4.78, 5) is 0. The summed E-state index contributed by atoms with van der Waals surface area (Å²) in [5.41, 5.74) is 0. The van der Waals surface area contributed by atoms with Crippen LogP contribution in [0.25, 0.3) is 0 Å². The van der Waals surface area contributed by atoms with E-state index in [1.165, 1.54) is 32.1 Å². The third-order valence-electron chi connectivity index (χ3n) is 2.12. The van der Waals surface area contributed by atoms with Gasteiger partial charge in [0.2, 0.25) is 0 Å². The van der Waals surface area contributed by atoms with Crippen LogP contribution < -0.4 is 0 Å². The van der Waals surface area contributed by atoms with Gasteiger partial charge in [-0.05, 0) is 44.9 Å². The van der Waals surface area contributed by atoms with Gasteiger partial charge < -0.3 is 0 Å². The molecule has 0 heterocycles. The normalized spacial score (nSPS) is 20.3. The van der Waals surface area contributed by atoms with Crippen LogP contribution in [0, 0.1) is 6.42 Å². The molecule has 0 aliphatic heterocycles. The Labute approximate surface area is 82.0 Å². The molecule has 1 aliphatic carbocycles. The van der Waals surface area contributed by atoms with Crippen LogP contribution in [0.4, 0.5) is 0 Å². The van der Waals surface area contributed by atoms with Crippen LogP contribution in [0.15, 0.2) is 36.5 Å². The summed E-state index contributed by atoms with van der Waals surface area (Å²) in [5.74, 6) is 0. The van der Waals surface area contributed by atoms with Crippen LogP contribution >= 0.6 is 0 Å². The average molecular weight is 175 g/mol. The zero-order valence-corrected chi connectivity index (χ0v) is 8.28. The van der Waals surface area contributed by atoms with Crippen molar-refractivity contribution >= 4 is 0 Å². The van der Waals surface area contributed by atoms with E-state index in [9.17, 15) is 0 Å². The zero-order valence-electron chi connectivity index (χ0n) is 8.28. The van der Waals surface area contributed by atoms with Crippen LogP contribution in [-0.4, -0.2) is 0 Å². The van der Waals surface area contributed by atoms with Crippen molar-refractivity contribution in [2.75, 3.05) is 0 Å². The molecule has 0 atom stereocenters. The molecule has 0 spiro atoms. The minimum Gasteiger partial charge on any atom is -0.0885 e. The van der Waals surface area contributed by atoms with Crippen molar-refractivity contribution in [1.29, 1.82) is 0 Å². The maximum Gasteiger partial charge on any atom is -0.0133 e. The number of hydrogen-bond acceptors (Lipinski definition) is 0. The van der Waals surface area contributed by atoms with Gasteiger partial charge in [-0.1, -0.05) is 36.5 Å². The molecule has 0 aromatic heterocycles. The highest BCUT2D eigenvalue weighted by atomic mass is 13.9. The Hall–Kier alpha value is -0.780. The molecule has 0 saturated carbocycles. The third kappa shape index (κ3) is 6.39. The average Bonchev–Trinajstić information content (AvgIpc) is 2.18. The smallest absolute Gasteiger partial charge is 0.0133 e. The highest BCUT2D eigenvalue weighted by Gasteiger charge is 1.84. The van der Waals surface area contributed by atoms with E-state index in [2.05, 4.69) is 42.9 Å². The minimum atomic E-state index is 1.09. The summed E-state index contributed by atoms with van der Waals surface area (Å²) >= 11 is 0.